The molecule has 0 N–H and O–H groups in total. The molecule has 7 heavy (non-hydrogen) atoms. The molecule has 1 aliphatic carbocycles. The van der Waals surface area contributed by atoms with Crippen molar-refractivity contribution in [3.05, 3.63) is 12.2 Å². The Kier molecular flexibility index (Phi) is 1.33. The van der Waals surface area contributed by atoms with Crippen LogP contribution in [0, 0.1) is 0 Å². The van der Waals surface area contributed by atoms with Gasteiger partial charge in [0.1, 0.15) is 0 Å². The molecule has 1 atom stereocenters. The highest BCUT2D eigenvalue weighted by atomic mass is 28.3. The third-order valence-corrected chi connectivity index (χ3v) is 3.41. The fraction of sp³-hybridized carbons (Fsp3) is 0.667. The monoisotopic (exact) mass is 111 g/mol. The molecule has 0 aliphatic heterocycles. The average molecular weight is 111 g/mol. The summed E-state index contributed by atoms with van der Waals surface area (Å²) in [6.45, 7) is 4.75. The second-order valence-electron chi connectivity index (χ2n) is 2.35. The summed E-state index contributed by atoms with van der Waals surface area (Å²) in [5.41, 5.74) is 1.00. The zero-order valence-corrected chi connectivity index (χ0v) is 5.94. The Hall–Kier alpha value is -0.0431. The van der Waals surface area contributed by atoms with Crippen LogP contribution in [0.5, 0.6) is 0 Å². The Balaban J connectivity index is 2.29. The van der Waals surface area contributed by atoms with Crippen molar-refractivity contribution in [1.82, 2.24) is 0 Å². The lowest BCUT2D eigenvalue weighted by molar-refractivity contribution is 0.930. The van der Waals surface area contributed by atoms with Crippen molar-refractivity contribution >= 4 is 8.80 Å². The second-order valence-corrected chi connectivity index (χ2v) is 5.24. The fourth-order valence-corrected chi connectivity index (χ4v) is 1.83. The standard InChI is InChI=1S/C6H11Si/c1-7(2)6-4-3-5-6/h3-4,6H,5H2,1-2H3. The van der Waals surface area contributed by atoms with Crippen LogP contribution in [0.4, 0.5) is 0 Å². The lowest BCUT2D eigenvalue weighted by Gasteiger charge is -2.19. The van der Waals surface area contributed by atoms with E-state index in [1.165, 1.54) is 6.42 Å². The second kappa shape index (κ2) is 1.82. The van der Waals surface area contributed by atoms with Crippen molar-refractivity contribution in [3.63, 3.8) is 0 Å². The highest BCUT2D eigenvalue weighted by Crippen LogP contribution is 2.25. The maximum atomic E-state index is 2.37. The fourth-order valence-electron chi connectivity index (χ4n) is 0.700. The molecule has 0 saturated heterocycles. The van der Waals surface area contributed by atoms with Gasteiger partial charge in [0.15, 0.2) is 0 Å². The van der Waals surface area contributed by atoms with Crippen LogP contribution in [-0.4, -0.2) is 8.80 Å². The minimum absolute atomic E-state index is 0.0368. The molecule has 0 saturated carbocycles. The zero-order chi connectivity index (χ0) is 5.28. The minimum atomic E-state index is 0.0368. The molecule has 1 radical (unpaired) electrons. The van der Waals surface area contributed by atoms with E-state index in [2.05, 4.69) is 25.2 Å². The van der Waals surface area contributed by atoms with E-state index >= 15 is 0 Å². The molecule has 0 heterocycles. The van der Waals surface area contributed by atoms with Gasteiger partial charge in [-0.05, 0) is 12.0 Å². The van der Waals surface area contributed by atoms with Gasteiger partial charge in [0, 0.05) is 8.80 Å². The van der Waals surface area contributed by atoms with Gasteiger partial charge in [0.25, 0.3) is 0 Å². The summed E-state index contributed by atoms with van der Waals surface area (Å²) in [6, 6.07) is 0. The lowest BCUT2D eigenvalue weighted by Crippen LogP contribution is -2.13. The SMILES string of the molecule is C[Si](C)C1C=CC1. The molecule has 0 aromatic heterocycles. The van der Waals surface area contributed by atoms with E-state index in [0.29, 0.717) is 0 Å². The number of hydrogen-bond donors (Lipinski definition) is 0. The molecule has 1 rings (SSSR count). The summed E-state index contributed by atoms with van der Waals surface area (Å²) in [7, 11) is 0.0368. The predicted molar refractivity (Wildman–Crippen MR) is 35.0 cm³/mol. The first-order valence-corrected chi connectivity index (χ1v) is 5.35. The quantitative estimate of drug-likeness (QED) is 0.359. The van der Waals surface area contributed by atoms with Crippen molar-refractivity contribution in [2.45, 2.75) is 25.1 Å². The maximum absolute atomic E-state index is 2.37. The molecular weight excluding hydrogens is 100 g/mol. The Labute approximate surface area is 46.8 Å². The van der Waals surface area contributed by atoms with Gasteiger partial charge in [-0.3, -0.25) is 0 Å². The van der Waals surface area contributed by atoms with E-state index in [0.717, 1.165) is 5.54 Å². The summed E-state index contributed by atoms with van der Waals surface area (Å²) in [5.74, 6) is 0. The third-order valence-electron chi connectivity index (χ3n) is 1.50. The molecule has 1 heteroatoms. The van der Waals surface area contributed by atoms with Crippen LogP contribution in [0.1, 0.15) is 6.42 Å². The Morgan fingerprint density at radius 1 is 1.57 bits per heavy atom. The molecule has 0 bridgehead atoms. The first kappa shape index (κ1) is 5.10. The molecular formula is C6H11Si. The number of rotatable bonds is 1. The smallest absolute Gasteiger partial charge is 0.0493 e. The van der Waals surface area contributed by atoms with E-state index in [-0.39, 0.29) is 8.80 Å². The van der Waals surface area contributed by atoms with Gasteiger partial charge in [-0.15, -0.1) is 0 Å². The topological polar surface area (TPSA) is 0 Å². The molecule has 39 valence electrons. The molecule has 1 aliphatic rings. The summed E-state index contributed by atoms with van der Waals surface area (Å²) in [6.07, 6.45) is 5.97. The van der Waals surface area contributed by atoms with E-state index < -0.39 is 0 Å². The minimum Gasteiger partial charge on any atom is -0.0883 e. The van der Waals surface area contributed by atoms with E-state index in [1.807, 2.05) is 0 Å². The lowest BCUT2D eigenvalue weighted by atomic mass is 10.1. The third kappa shape index (κ3) is 0.941. The largest absolute Gasteiger partial charge is 0.0883 e. The molecule has 0 spiro atoms. The van der Waals surface area contributed by atoms with E-state index in [4.69, 9.17) is 0 Å². The number of hydrogen-bond acceptors (Lipinski definition) is 0. The van der Waals surface area contributed by atoms with Gasteiger partial charge >= 0.3 is 0 Å². The molecule has 0 aromatic carbocycles. The van der Waals surface area contributed by atoms with Crippen LogP contribution in [-0.2, 0) is 0 Å². The summed E-state index contributed by atoms with van der Waals surface area (Å²) in [4.78, 5) is 0. The molecule has 1 unspecified atom stereocenters. The van der Waals surface area contributed by atoms with Gasteiger partial charge in [-0.2, -0.15) is 0 Å². The van der Waals surface area contributed by atoms with Gasteiger partial charge in [0.05, 0.1) is 0 Å². The average Bonchev–Trinajstić information content (AvgIpc) is 1.23. The Bertz CT molecular complexity index is 84.2. The summed E-state index contributed by atoms with van der Waals surface area (Å²) >= 11 is 0. The van der Waals surface area contributed by atoms with Crippen LogP contribution >= 0.6 is 0 Å². The highest BCUT2D eigenvalue weighted by Gasteiger charge is 2.14. The van der Waals surface area contributed by atoms with Gasteiger partial charge in [-0.1, -0.05) is 25.2 Å². The van der Waals surface area contributed by atoms with Gasteiger partial charge in [-0.25, -0.2) is 0 Å². The van der Waals surface area contributed by atoms with Crippen LogP contribution in [0.15, 0.2) is 12.2 Å². The van der Waals surface area contributed by atoms with Crippen LogP contribution < -0.4 is 0 Å². The predicted octanol–water partition coefficient (Wildman–Crippen LogP) is 2.07. The summed E-state index contributed by atoms with van der Waals surface area (Å²) < 4.78 is 0. The summed E-state index contributed by atoms with van der Waals surface area (Å²) in [5, 5.41) is 0. The van der Waals surface area contributed by atoms with E-state index in [9.17, 15) is 0 Å². The van der Waals surface area contributed by atoms with Crippen LogP contribution in [0.2, 0.25) is 18.6 Å². The van der Waals surface area contributed by atoms with Crippen LogP contribution in [0.3, 0.4) is 0 Å². The highest BCUT2D eigenvalue weighted by molar-refractivity contribution is 6.58. The van der Waals surface area contributed by atoms with Gasteiger partial charge < -0.3 is 0 Å². The number of allylic oxidation sites excluding steroid dienone is 2. The first-order chi connectivity index (χ1) is 3.30. The molecule has 0 aromatic rings. The van der Waals surface area contributed by atoms with Crippen molar-refractivity contribution < 1.29 is 0 Å². The van der Waals surface area contributed by atoms with Crippen molar-refractivity contribution in [1.29, 1.82) is 0 Å². The van der Waals surface area contributed by atoms with Crippen molar-refractivity contribution in [2.24, 2.45) is 0 Å². The molecule has 0 fully saturated rings. The van der Waals surface area contributed by atoms with Crippen LogP contribution in [0.25, 0.3) is 0 Å². The maximum Gasteiger partial charge on any atom is 0.0493 e. The molecule has 0 amide bonds. The van der Waals surface area contributed by atoms with Crippen molar-refractivity contribution in [3.8, 4) is 0 Å². The van der Waals surface area contributed by atoms with Crippen molar-refractivity contribution in [2.75, 3.05) is 0 Å². The van der Waals surface area contributed by atoms with E-state index in [1.54, 1.807) is 0 Å². The first-order valence-electron chi connectivity index (χ1n) is 2.77. The molecule has 0 nitrogen and oxygen atoms in total. The Morgan fingerprint density at radius 3 is 2.14 bits per heavy atom. The van der Waals surface area contributed by atoms with Gasteiger partial charge in [0.2, 0.25) is 0 Å². The normalized spacial score (nSPS) is 28.1. The zero-order valence-electron chi connectivity index (χ0n) is 4.94. The Morgan fingerprint density at radius 2 is 2.14 bits per heavy atom.